The van der Waals surface area contributed by atoms with Crippen molar-refractivity contribution >= 4 is 17.3 Å². The van der Waals surface area contributed by atoms with Crippen LogP contribution in [0.4, 0.5) is 11.4 Å². The minimum absolute atomic E-state index is 0.0181. The Morgan fingerprint density at radius 2 is 1.65 bits per heavy atom. The number of nitrogens with zero attached hydrogens (tertiary/aromatic N) is 3. The Morgan fingerprint density at radius 1 is 1.00 bits per heavy atom. The first-order valence-corrected chi connectivity index (χ1v) is 10.0. The summed E-state index contributed by atoms with van der Waals surface area (Å²) in [7, 11) is 0. The molecule has 3 aliphatic rings. The molecule has 6 heteroatoms. The lowest BCUT2D eigenvalue weighted by Gasteiger charge is -2.34. The van der Waals surface area contributed by atoms with Gasteiger partial charge in [0, 0.05) is 36.8 Å². The Kier molecular flexibility index (Phi) is 4.83. The van der Waals surface area contributed by atoms with Crippen molar-refractivity contribution in [2.75, 3.05) is 18.0 Å². The number of nitro groups is 1. The number of benzene rings is 1. The van der Waals surface area contributed by atoms with Crippen LogP contribution in [0.5, 0.6) is 0 Å². The topological polar surface area (TPSA) is 66.7 Å². The number of carbonyl (C=O) groups is 1. The predicted molar refractivity (Wildman–Crippen MR) is 101 cm³/mol. The van der Waals surface area contributed by atoms with E-state index in [1.807, 2.05) is 4.90 Å². The Morgan fingerprint density at radius 3 is 2.27 bits per heavy atom. The summed E-state index contributed by atoms with van der Waals surface area (Å²) in [6.45, 7) is 1.70. The van der Waals surface area contributed by atoms with E-state index in [1.54, 1.807) is 12.1 Å². The normalized spacial score (nSPS) is 21.0. The van der Waals surface area contributed by atoms with Crippen LogP contribution in [-0.2, 0) is 0 Å². The summed E-state index contributed by atoms with van der Waals surface area (Å²) < 4.78 is 0. The van der Waals surface area contributed by atoms with Gasteiger partial charge >= 0.3 is 0 Å². The van der Waals surface area contributed by atoms with Crippen molar-refractivity contribution in [3.05, 3.63) is 33.9 Å². The number of carbonyl (C=O) groups excluding carboxylic acids is 1. The molecule has 3 fully saturated rings. The lowest BCUT2D eigenvalue weighted by Crippen LogP contribution is -2.43. The van der Waals surface area contributed by atoms with Crippen molar-refractivity contribution in [3.8, 4) is 0 Å². The van der Waals surface area contributed by atoms with Gasteiger partial charge in [0.25, 0.3) is 11.6 Å². The molecule has 2 saturated carbocycles. The fourth-order valence-corrected chi connectivity index (χ4v) is 4.52. The molecule has 1 aromatic rings. The van der Waals surface area contributed by atoms with E-state index in [9.17, 15) is 14.9 Å². The van der Waals surface area contributed by atoms with Gasteiger partial charge in [-0.25, -0.2) is 0 Å². The lowest BCUT2D eigenvalue weighted by atomic mass is 9.93. The average molecular weight is 357 g/mol. The van der Waals surface area contributed by atoms with Gasteiger partial charge in [0.1, 0.15) is 5.69 Å². The molecular formula is C20H27N3O3. The molecule has 6 nitrogen and oxygen atoms in total. The molecule has 0 unspecified atom stereocenters. The van der Waals surface area contributed by atoms with E-state index in [4.69, 9.17) is 0 Å². The van der Waals surface area contributed by atoms with Crippen LogP contribution in [0.2, 0.25) is 0 Å². The van der Waals surface area contributed by atoms with Gasteiger partial charge in [-0.1, -0.05) is 19.3 Å². The summed E-state index contributed by atoms with van der Waals surface area (Å²) in [5, 5.41) is 11.6. The first-order chi connectivity index (χ1) is 12.6. The predicted octanol–water partition coefficient (Wildman–Crippen LogP) is 4.13. The summed E-state index contributed by atoms with van der Waals surface area (Å²) >= 11 is 0. The van der Waals surface area contributed by atoms with E-state index in [-0.39, 0.29) is 16.5 Å². The molecule has 1 aliphatic heterocycles. The highest BCUT2D eigenvalue weighted by atomic mass is 16.6. The standard InChI is InChI=1S/C20H27N3O3/c24-20(22(17-9-10-17)16-6-2-1-3-7-16)15-8-11-18(19(14-15)23(25)26)21-12-4-5-13-21/h8,11,14,16-17H,1-7,9-10,12-13H2. The lowest BCUT2D eigenvalue weighted by molar-refractivity contribution is -0.384. The highest BCUT2D eigenvalue weighted by molar-refractivity contribution is 5.96. The Labute approximate surface area is 154 Å². The zero-order chi connectivity index (χ0) is 18.1. The van der Waals surface area contributed by atoms with Gasteiger partial charge in [0.15, 0.2) is 0 Å². The molecule has 1 aromatic carbocycles. The number of hydrogen-bond donors (Lipinski definition) is 0. The molecule has 2 aliphatic carbocycles. The van der Waals surface area contributed by atoms with Crippen molar-refractivity contribution < 1.29 is 9.72 Å². The molecule has 26 heavy (non-hydrogen) atoms. The van der Waals surface area contributed by atoms with Crippen molar-refractivity contribution in [2.24, 2.45) is 0 Å². The van der Waals surface area contributed by atoms with Crippen LogP contribution < -0.4 is 4.90 Å². The molecule has 1 saturated heterocycles. The van der Waals surface area contributed by atoms with Crippen molar-refractivity contribution in [2.45, 2.75) is 69.9 Å². The first-order valence-electron chi connectivity index (χ1n) is 10.0. The molecule has 0 bridgehead atoms. The molecule has 0 spiro atoms. The van der Waals surface area contributed by atoms with Crippen molar-refractivity contribution in [1.29, 1.82) is 0 Å². The molecule has 0 aromatic heterocycles. The minimum atomic E-state index is -0.341. The molecule has 1 heterocycles. The van der Waals surface area contributed by atoms with E-state index >= 15 is 0 Å². The minimum Gasteiger partial charge on any atom is -0.366 e. The van der Waals surface area contributed by atoms with Crippen molar-refractivity contribution in [1.82, 2.24) is 4.90 Å². The Hall–Kier alpha value is -2.11. The summed E-state index contributed by atoms with van der Waals surface area (Å²) in [5.41, 5.74) is 1.19. The molecule has 0 N–H and O–H groups in total. The van der Waals surface area contributed by atoms with Crippen molar-refractivity contribution in [3.63, 3.8) is 0 Å². The molecule has 1 amide bonds. The van der Waals surface area contributed by atoms with E-state index in [0.717, 1.165) is 51.6 Å². The van der Waals surface area contributed by atoms with Gasteiger partial charge < -0.3 is 9.80 Å². The van der Waals surface area contributed by atoms with Crippen LogP contribution in [0.25, 0.3) is 0 Å². The molecular weight excluding hydrogens is 330 g/mol. The largest absolute Gasteiger partial charge is 0.366 e. The van der Waals surface area contributed by atoms with Crippen LogP contribution in [0.3, 0.4) is 0 Å². The van der Waals surface area contributed by atoms with Gasteiger partial charge in [0.2, 0.25) is 0 Å². The summed E-state index contributed by atoms with van der Waals surface area (Å²) in [6, 6.07) is 5.72. The number of anilines is 1. The maximum Gasteiger partial charge on any atom is 0.293 e. The van der Waals surface area contributed by atoms with E-state index < -0.39 is 0 Å². The van der Waals surface area contributed by atoms with E-state index in [2.05, 4.69) is 4.90 Å². The fraction of sp³-hybridized carbons (Fsp3) is 0.650. The fourth-order valence-electron chi connectivity index (χ4n) is 4.52. The smallest absolute Gasteiger partial charge is 0.293 e. The second-order valence-electron chi connectivity index (χ2n) is 7.89. The number of amides is 1. The highest BCUT2D eigenvalue weighted by Gasteiger charge is 2.38. The first kappa shape index (κ1) is 17.3. The van der Waals surface area contributed by atoms with Gasteiger partial charge in [-0.2, -0.15) is 0 Å². The Bertz CT molecular complexity index is 690. The van der Waals surface area contributed by atoms with Gasteiger partial charge in [-0.15, -0.1) is 0 Å². The van der Waals surface area contributed by atoms with Crippen LogP contribution in [0.1, 0.15) is 68.1 Å². The monoisotopic (exact) mass is 357 g/mol. The maximum absolute atomic E-state index is 13.2. The summed E-state index contributed by atoms with van der Waals surface area (Å²) in [5.74, 6) is -0.0181. The molecule has 4 rings (SSSR count). The highest BCUT2D eigenvalue weighted by Crippen LogP contribution is 2.37. The third kappa shape index (κ3) is 3.41. The zero-order valence-corrected chi connectivity index (χ0v) is 15.2. The summed E-state index contributed by atoms with van der Waals surface area (Å²) in [4.78, 5) is 28.6. The van der Waals surface area contributed by atoms with Crippen LogP contribution in [0, 0.1) is 10.1 Å². The third-order valence-corrected chi connectivity index (χ3v) is 6.01. The van der Waals surface area contributed by atoms with Crippen LogP contribution in [-0.4, -0.2) is 40.9 Å². The molecule has 0 atom stereocenters. The zero-order valence-electron chi connectivity index (χ0n) is 15.2. The van der Waals surface area contributed by atoms with Gasteiger partial charge in [-0.05, 0) is 50.7 Å². The molecule has 140 valence electrons. The number of rotatable bonds is 5. The van der Waals surface area contributed by atoms with Gasteiger partial charge in [-0.3, -0.25) is 14.9 Å². The second kappa shape index (κ2) is 7.25. The average Bonchev–Trinajstić information content (AvgIpc) is 3.34. The number of hydrogen-bond acceptors (Lipinski definition) is 4. The summed E-state index contributed by atoms with van der Waals surface area (Å²) in [6.07, 6.45) is 9.99. The maximum atomic E-state index is 13.2. The second-order valence-corrected chi connectivity index (χ2v) is 7.89. The van der Waals surface area contributed by atoms with E-state index in [1.165, 1.54) is 25.3 Å². The van der Waals surface area contributed by atoms with E-state index in [0.29, 0.717) is 23.3 Å². The number of nitro benzene ring substituents is 1. The third-order valence-electron chi connectivity index (χ3n) is 6.01. The molecule has 0 radical (unpaired) electrons. The SMILES string of the molecule is O=C(c1ccc(N2CCCC2)c([N+](=O)[O-])c1)N(C1CCCCC1)C1CC1. The van der Waals surface area contributed by atoms with Crippen LogP contribution in [0.15, 0.2) is 18.2 Å². The Balaban J connectivity index is 1.62. The van der Waals surface area contributed by atoms with Crippen LogP contribution >= 0.6 is 0 Å². The quantitative estimate of drug-likeness (QED) is 0.587. The van der Waals surface area contributed by atoms with Gasteiger partial charge in [0.05, 0.1) is 4.92 Å².